The van der Waals surface area contributed by atoms with Gasteiger partial charge in [-0.3, -0.25) is 9.59 Å². The van der Waals surface area contributed by atoms with Gasteiger partial charge in [-0.2, -0.15) is 0 Å². The van der Waals surface area contributed by atoms with Crippen molar-refractivity contribution in [2.75, 3.05) is 30.4 Å². The summed E-state index contributed by atoms with van der Waals surface area (Å²) in [7, 11) is 0. The number of para-hydroxylation sites is 1. The van der Waals surface area contributed by atoms with Crippen molar-refractivity contribution in [3.05, 3.63) is 18.2 Å². The van der Waals surface area contributed by atoms with Crippen LogP contribution >= 0.6 is 0 Å². The normalized spacial score (nSPS) is 13.7. The maximum atomic E-state index is 11.9. The third kappa shape index (κ3) is 2.78. The number of fused-ring (bicyclic) bond motifs is 1. The number of nitrogens with zero attached hydrogens (tertiary/aromatic N) is 1. The molecule has 2 rings (SSSR count). The number of hydrogen-bond donors (Lipinski definition) is 1. The van der Waals surface area contributed by atoms with Gasteiger partial charge in [-0.1, -0.05) is 6.07 Å². The van der Waals surface area contributed by atoms with E-state index in [4.69, 9.17) is 15.2 Å². The van der Waals surface area contributed by atoms with Gasteiger partial charge in [0.25, 0.3) is 5.91 Å². The van der Waals surface area contributed by atoms with Crippen molar-refractivity contribution in [2.24, 2.45) is 0 Å². The van der Waals surface area contributed by atoms with E-state index >= 15 is 0 Å². The summed E-state index contributed by atoms with van der Waals surface area (Å²) in [5.74, 6) is 0.0102. The molecule has 0 fully saturated rings. The first-order valence-electron chi connectivity index (χ1n) is 6.10. The molecule has 0 aromatic heterocycles. The molecule has 0 saturated carbocycles. The molecule has 0 atom stereocenters. The fraction of sp³-hybridized carbons (Fsp3) is 0.385. The number of nitrogen functional groups attached to an aromatic ring is 1. The zero-order valence-corrected chi connectivity index (χ0v) is 10.7. The molecule has 1 heterocycles. The Morgan fingerprint density at radius 1 is 1.53 bits per heavy atom. The minimum atomic E-state index is -0.335. The second kappa shape index (κ2) is 5.60. The number of hydrogen-bond acceptors (Lipinski definition) is 5. The van der Waals surface area contributed by atoms with Crippen LogP contribution in [0.1, 0.15) is 13.3 Å². The Morgan fingerprint density at radius 2 is 2.32 bits per heavy atom. The van der Waals surface area contributed by atoms with E-state index in [9.17, 15) is 9.59 Å². The molecule has 0 spiro atoms. The highest BCUT2D eigenvalue weighted by Crippen LogP contribution is 2.37. The van der Waals surface area contributed by atoms with Gasteiger partial charge in [0.2, 0.25) is 0 Å². The van der Waals surface area contributed by atoms with Gasteiger partial charge in [0.15, 0.2) is 6.61 Å². The molecule has 0 aliphatic carbocycles. The zero-order chi connectivity index (χ0) is 13.8. The van der Waals surface area contributed by atoms with Gasteiger partial charge in [-0.05, 0) is 19.1 Å². The Bertz CT molecular complexity index is 501. The third-order valence-electron chi connectivity index (χ3n) is 2.80. The van der Waals surface area contributed by atoms with Crippen molar-refractivity contribution in [1.29, 1.82) is 0 Å². The number of ether oxygens (including phenoxy) is 2. The smallest absolute Gasteiger partial charge is 0.307 e. The van der Waals surface area contributed by atoms with Gasteiger partial charge in [0, 0.05) is 6.54 Å². The second-order valence-corrected chi connectivity index (χ2v) is 4.08. The average molecular weight is 264 g/mol. The van der Waals surface area contributed by atoms with E-state index in [1.54, 1.807) is 25.1 Å². The van der Waals surface area contributed by atoms with Crippen molar-refractivity contribution < 1.29 is 19.1 Å². The van der Waals surface area contributed by atoms with Crippen LogP contribution in [-0.2, 0) is 14.3 Å². The Morgan fingerprint density at radius 3 is 3.05 bits per heavy atom. The van der Waals surface area contributed by atoms with Gasteiger partial charge < -0.3 is 20.1 Å². The summed E-state index contributed by atoms with van der Waals surface area (Å²) >= 11 is 0. The van der Waals surface area contributed by atoms with E-state index in [0.29, 0.717) is 23.7 Å². The number of benzene rings is 1. The van der Waals surface area contributed by atoms with E-state index in [1.165, 1.54) is 4.90 Å². The summed E-state index contributed by atoms with van der Waals surface area (Å²) in [6.45, 7) is 2.27. The Labute approximate surface area is 111 Å². The number of rotatable bonds is 4. The van der Waals surface area contributed by atoms with Crippen LogP contribution in [0.2, 0.25) is 0 Å². The highest BCUT2D eigenvalue weighted by Gasteiger charge is 2.27. The standard InChI is InChI=1S/C13H16N2O4/c1-2-18-12(17)6-7-15-11(16)8-19-10-5-3-4-9(14)13(10)15/h3-5H,2,6-8,14H2,1H3. The molecule has 19 heavy (non-hydrogen) atoms. The van der Waals surface area contributed by atoms with Gasteiger partial charge in [-0.25, -0.2) is 0 Å². The molecule has 2 N–H and O–H groups in total. The topological polar surface area (TPSA) is 81.9 Å². The van der Waals surface area contributed by atoms with Gasteiger partial charge in [-0.15, -0.1) is 0 Å². The summed E-state index contributed by atoms with van der Waals surface area (Å²) in [6, 6.07) is 5.20. The molecule has 1 aromatic carbocycles. The minimum absolute atomic E-state index is 0.0424. The quantitative estimate of drug-likeness (QED) is 0.646. The number of carbonyl (C=O) groups excluding carboxylic acids is 2. The SMILES string of the molecule is CCOC(=O)CCN1C(=O)COc2cccc(N)c21. The number of amides is 1. The van der Waals surface area contributed by atoms with Crippen LogP contribution in [0.25, 0.3) is 0 Å². The number of carbonyl (C=O) groups is 2. The first-order valence-corrected chi connectivity index (χ1v) is 6.10. The maximum Gasteiger partial charge on any atom is 0.307 e. The number of anilines is 2. The fourth-order valence-corrected chi connectivity index (χ4v) is 1.96. The van der Waals surface area contributed by atoms with Crippen LogP contribution in [0.15, 0.2) is 18.2 Å². The zero-order valence-electron chi connectivity index (χ0n) is 10.7. The van der Waals surface area contributed by atoms with Crippen molar-refractivity contribution in [3.63, 3.8) is 0 Å². The molecule has 0 radical (unpaired) electrons. The van der Waals surface area contributed by atoms with Crippen molar-refractivity contribution in [3.8, 4) is 5.75 Å². The lowest BCUT2D eigenvalue weighted by atomic mass is 10.2. The van der Waals surface area contributed by atoms with Crippen LogP contribution in [-0.4, -0.2) is 31.6 Å². The summed E-state index contributed by atoms with van der Waals surface area (Å²) in [4.78, 5) is 24.7. The molecule has 102 valence electrons. The second-order valence-electron chi connectivity index (χ2n) is 4.08. The lowest BCUT2D eigenvalue weighted by Gasteiger charge is -2.30. The van der Waals surface area contributed by atoms with Crippen molar-refractivity contribution >= 4 is 23.3 Å². The monoisotopic (exact) mass is 264 g/mol. The van der Waals surface area contributed by atoms with Crippen molar-refractivity contribution in [2.45, 2.75) is 13.3 Å². The van der Waals surface area contributed by atoms with Gasteiger partial charge in [0.05, 0.1) is 18.7 Å². The third-order valence-corrected chi connectivity index (χ3v) is 2.80. The molecule has 1 aliphatic heterocycles. The lowest BCUT2D eigenvalue weighted by Crippen LogP contribution is -2.40. The van der Waals surface area contributed by atoms with E-state index in [1.807, 2.05) is 0 Å². The summed E-state index contributed by atoms with van der Waals surface area (Å²) < 4.78 is 10.2. The van der Waals surface area contributed by atoms with E-state index in [2.05, 4.69) is 0 Å². The van der Waals surface area contributed by atoms with E-state index in [0.717, 1.165) is 0 Å². The largest absolute Gasteiger partial charge is 0.481 e. The lowest BCUT2D eigenvalue weighted by molar-refractivity contribution is -0.142. The maximum absolute atomic E-state index is 11.9. The Balaban J connectivity index is 2.16. The van der Waals surface area contributed by atoms with E-state index < -0.39 is 0 Å². The molecule has 6 heteroatoms. The first kappa shape index (κ1) is 13.2. The number of esters is 1. The Hall–Kier alpha value is -2.24. The molecule has 0 unspecified atom stereocenters. The molecular weight excluding hydrogens is 248 g/mol. The van der Waals surface area contributed by atoms with Crippen LogP contribution in [0.3, 0.4) is 0 Å². The molecule has 1 amide bonds. The predicted molar refractivity (Wildman–Crippen MR) is 70.0 cm³/mol. The summed E-state index contributed by atoms with van der Waals surface area (Å²) in [5, 5.41) is 0. The van der Waals surface area contributed by atoms with Crippen molar-refractivity contribution in [1.82, 2.24) is 0 Å². The summed E-state index contributed by atoms with van der Waals surface area (Å²) in [6.07, 6.45) is 0.132. The first-order chi connectivity index (χ1) is 9.13. The van der Waals surface area contributed by atoms with Crippen LogP contribution in [0.4, 0.5) is 11.4 Å². The van der Waals surface area contributed by atoms with Crippen LogP contribution in [0.5, 0.6) is 5.75 Å². The van der Waals surface area contributed by atoms with E-state index in [-0.39, 0.29) is 31.4 Å². The summed E-state index contributed by atoms with van der Waals surface area (Å²) in [5.41, 5.74) is 6.85. The van der Waals surface area contributed by atoms with Gasteiger partial charge in [0.1, 0.15) is 11.4 Å². The fourth-order valence-electron chi connectivity index (χ4n) is 1.96. The molecule has 1 aliphatic rings. The molecule has 6 nitrogen and oxygen atoms in total. The molecule has 0 bridgehead atoms. The molecule has 0 saturated heterocycles. The number of nitrogens with two attached hydrogens (primary N) is 1. The van der Waals surface area contributed by atoms with Crippen LogP contribution < -0.4 is 15.4 Å². The Kier molecular flexibility index (Phi) is 3.89. The molecule has 1 aromatic rings. The van der Waals surface area contributed by atoms with Crippen LogP contribution in [0, 0.1) is 0 Å². The highest BCUT2D eigenvalue weighted by atomic mass is 16.5. The average Bonchev–Trinajstić information content (AvgIpc) is 2.38. The highest BCUT2D eigenvalue weighted by molar-refractivity contribution is 6.01. The predicted octanol–water partition coefficient (Wildman–Crippen LogP) is 0.947. The molecular formula is C13H16N2O4. The minimum Gasteiger partial charge on any atom is -0.481 e. The van der Waals surface area contributed by atoms with Gasteiger partial charge >= 0.3 is 5.97 Å².